The van der Waals surface area contributed by atoms with Gasteiger partial charge in [0, 0.05) is 0 Å². The van der Waals surface area contributed by atoms with E-state index in [9.17, 15) is 19.2 Å². The van der Waals surface area contributed by atoms with Crippen LogP contribution in [0.5, 0.6) is 0 Å². The molecule has 1 heterocycles. The lowest BCUT2D eigenvalue weighted by molar-refractivity contribution is 0.0412. The zero-order chi connectivity index (χ0) is 25.2. The van der Waals surface area contributed by atoms with Gasteiger partial charge in [-0.05, 0) is 70.8 Å². The number of amides is 3. The van der Waals surface area contributed by atoms with Crippen LogP contribution < -0.4 is 5.32 Å². The highest BCUT2D eigenvalue weighted by Crippen LogP contribution is 2.40. The molecule has 0 saturated heterocycles. The third-order valence-corrected chi connectivity index (χ3v) is 10.2. The molecule has 3 amide bonds. The van der Waals surface area contributed by atoms with Crippen molar-refractivity contribution in [3.63, 3.8) is 0 Å². The maximum absolute atomic E-state index is 13.1. The minimum absolute atomic E-state index is 0.140. The number of rotatable bonds is 9. The van der Waals surface area contributed by atoms with Gasteiger partial charge in [0.05, 0.1) is 23.2 Å². The Labute approximate surface area is 199 Å². The lowest BCUT2D eigenvalue weighted by Gasteiger charge is -2.36. The van der Waals surface area contributed by atoms with Crippen LogP contribution in [0.4, 0.5) is 4.79 Å². The van der Waals surface area contributed by atoms with E-state index >= 15 is 0 Å². The summed E-state index contributed by atoms with van der Waals surface area (Å²) >= 11 is 0. The minimum Gasteiger partial charge on any atom is -0.444 e. The van der Waals surface area contributed by atoms with E-state index in [0.717, 1.165) is 19.3 Å². The van der Waals surface area contributed by atoms with Gasteiger partial charge in [-0.15, -0.1) is 0 Å². The van der Waals surface area contributed by atoms with Gasteiger partial charge in [-0.2, -0.15) is 0 Å². The highest BCUT2D eigenvalue weighted by Gasteiger charge is 2.42. The highest BCUT2D eigenvalue weighted by molar-refractivity contribution is 6.72. The number of hydrogen-bond donors (Lipinski definition) is 2. The molecule has 2 N–H and O–H groups in total. The predicted octanol–water partition coefficient (Wildman–Crippen LogP) is 5.10. The van der Waals surface area contributed by atoms with Crippen molar-refractivity contribution in [2.75, 3.05) is 0 Å². The quantitative estimate of drug-likeness (QED) is 0.294. The summed E-state index contributed by atoms with van der Waals surface area (Å²) < 4.78 is 5.38. The number of ether oxygens (including phenoxy) is 1. The maximum atomic E-state index is 13.1. The summed E-state index contributed by atoms with van der Waals surface area (Å²) in [5.74, 6) is -0.662. The average Bonchev–Trinajstić information content (AvgIpc) is 2.90. The standard InChI is InChI=1S/C25H40N2O5Si/c1-17(26-23(30)32-24(2,3)4)20(15-11-12-16-25(5,6)33(7,8)31)27-21(28)18-13-9-10-14-19(18)22(27)29/h9-10,13-14,17,20,31H,11-12,15-16H2,1-8H3,(H,26,30)/t17-,20+/m0/s1. The fourth-order valence-corrected chi connectivity index (χ4v) is 4.72. The number of nitrogens with one attached hydrogen (secondary N) is 1. The van der Waals surface area contributed by atoms with E-state index < -0.39 is 32.1 Å². The van der Waals surface area contributed by atoms with Gasteiger partial charge < -0.3 is 14.8 Å². The van der Waals surface area contributed by atoms with Crippen LogP contribution in [0.25, 0.3) is 0 Å². The summed E-state index contributed by atoms with van der Waals surface area (Å²) in [7, 11) is -2.31. The van der Waals surface area contributed by atoms with Gasteiger partial charge in [-0.25, -0.2) is 4.79 Å². The Hall–Kier alpha value is -2.19. The van der Waals surface area contributed by atoms with Crippen LogP contribution in [-0.4, -0.2) is 53.6 Å². The maximum Gasteiger partial charge on any atom is 0.407 e. The minimum atomic E-state index is -2.31. The lowest BCUT2D eigenvalue weighted by atomic mass is 9.97. The molecule has 0 spiro atoms. The molecule has 1 aliphatic rings. The third kappa shape index (κ3) is 6.66. The van der Waals surface area contributed by atoms with Gasteiger partial charge in [0.1, 0.15) is 5.60 Å². The zero-order valence-corrected chi connectivity index (χ0v) is 22.3. The molecule has 0 aromatic heterocycles. The highest BCUT2D eigenvalue weighted by atomic mass is 28.4. The Morgan fingerprint density at radius 2 is 1.58 bits per heavy atom. The van der Waals surface area contributed by atoms with E-state index in [1.165, 1.54) is 4.90 Å². The molecule has 0 fully saturated rings. The van der Waals surface area contributed by atoms with Crippen LogP contribution in [0.2, 0.25) is 18.1 Å². The lowest BCUT2D eigenvalue weighted by Crippen LogP contribution is -2.53. The Bertz CT molecular complexity index is 851. The van der Waals surface area contributed by atoms with Crippen molar-refractivity contribution in [1.82, 2.24) is 10.2 Å². The average molecular weight is 477 g/mol. The first-order valence-electron chi connectivity index (χ1n) is 11.7. The second kappa shape index (κ2) is 9.97. The molecule has 33 heavy (non-hydrogen) atoms. The van der Waals surface area contributed by atoms with Gasteiger partial charge in [0.15, 0.2) is 8.32 Å². The fraction of sp³-hybridized carbons (Fsp3) is 0.640. The predicted molar refractivity (Wildman–Crippen MR) is 132 cm³/mol. The number of alkyl carbamates (subject to hydrolysis) is 1. The first-order valence-corrected chi connectivity index (χ1v) is 14.7. The van der Waals surface area contributed by atoms with Crippen LogP contribution in [-0.2, 0) is 4.74 Å². The number of fused-ring (bicyclic) bond motifs is 1. The van der Waals surface area contributed by atoms with Crippen molar-refractivity contribution < 1.29 is 23.9 Å². The van der Waals surface area contributed by atoms with Crippen LogP contribution in [0.3, 0.4) is 0 Å². The second-order valence-electron chi connectivity index (χ2n) is 11.2. The van der Waals surface area contributed by atoms with Crippen molar-refractivity contribution in [2.24, 2.45) is 0 Å². The summed E-state index contributed by atoms with van der Waals surface area (Å²) in [6, 6.07) is 5.82. The van der Waals surface area contributed by atoms with Gasteiger partial charge in [-0.1, -0.05) is 38.8 Å². The number of unbranched alkanes of at least 4 members (excludes halogenated alkanes) is 1. The van der Waals surface area contributed by atoms with E-state index in [4.69, 9.17) is 4.74 Å². The van der Waals surface area contributed by atoms with E-state index in [2.05, 4.69) is 19.2 Å². The van der Waals surface area contributed by atoms with Crippen LogP contribution in [0, 0.1) is 0 Å². The normalized spacial score (nSPS) is 16.5. The zero-order valence-electron chi connectivity index (χ0n) is 21.3. The molecule has 2 rings (SSSR count). The van der Waals surface area contributed by atoms with E-state index in [1.54, 1.807) is 52.0 Å². The van der Waals surface area contributed by atoms with Crippen LogP contribution in [0.1, 0.15) is 87.9 Å². The molecule has 184 valence electrons. The number of benzene rings is 1. The molecule has 7 nitrogen and oxygen atoms in total. The number of nitrogens with zero attached hydrogens (tertiary/aromatic N) is 1. The van der Waals surface area contributed by atoms with Crippen molar-refractivity contribution in [3.8, 4) is 0 Å². The first kappa shape index (κ1) is 27.1. The Balaban J connectivity index is 2.18. The van der Waals surface area contributed by atoms with Gasteiger partial charge >= 0.3 is 6.09 Å². The molecule has 1 aromatic carbocycles. The molecule has 1 aromatic rings. The number of hydrogen-bond acceptors (Lipinski definition) is 5. The topological polar surface area (TPSA) is 95.9 Å². The molecular weight excluding hydrogens is 436 g/mol. The molecule has 0 aliphatic carbocycles. The van der Waals surface area contributed by atoms with Crippen molar-refractivity contribution in [1.29, 1.82) is 0 Å². The van der Waals surface area contributed by atoms with Crippen molar-refractivity contribution in [3.05, 3.63) is 35.4 Å². The van der Waals surface area contributed by atoms with Crippen molar-refractivity contribution in [2.45, 2.75) is 103 Å². The number of carbonyl (C=O) groups is 3. The Kier molecular flexibility index (Phi) is 8.17. The molecule has 0 radical (unpaired) electrons. The molecule has 0 bridgehead atoms. The molecule has 8 heteroatoms. The first-order chi connectivity index (χ1) is 15.0. The Morgan fingerprint density at radius 1 is 1.06 bits per heavy atom. The molecular formula is C25H40N2O5Si. The summed E-state index contributed by atoms with van der Waals surface area (Å²) in [6.07, 6.45) is 2.43. The largest absolute Gasteiger partial charge is 0.444 e. The molecule has 0 saturated carbocycles. The van der Waals surface area contributed by atoms with Gasteiger partial charge in [0.25, 0.3) is 11.8 Å². The monoisotopic (exact) mass is 476 g/mol. The Morgan fingerprint density at radius 3 is 2.03 bits per heavy atom. The fourth-order valence-electron chi connectivity index (χ4n) is 3.93. The smallest absolute Gasteiger partial charge is 0.407 e. The van der Waals surface area contributed by atoms with Gasteiger partial charge in [0.2, 0.25) is 0 Å². The van der Waals surface area contributed by atoms with E-state index in [0.29, 0.717) is 17.5 Å². The summed E-state index contributed by atoms with van der Waals surface area (Å²) in [5, 5.41) is 2.68. The van der Waals surface area contributed by atoms with E-state index in [1.807, 2.05) is 13.1 Å². The SMILES string of the molecule is C[C@H](NC(=O)OC(C)(C)C)[C@@H](CCCCC(C)(C)[Si](C)(C)O)N1C(=O)c2ccccc2C1=O. The van der Waals surface area contributed by atoms with Gasteiger partial charge in [-0.3, -0.25) is 14.5 Å². The number of imide groups is 1. The summed E-state index contributed by atoms with van der Waals surface area (Å²) in [6.45, 7) is 15.2. The second-order valence-corrected chi connectivity index (χ2v) is 15.7. The summed E-state index contributed by atoms with van der Waals surface area (Å²) in [4.78, 5) is 50.5. The molecule has 0 unspecified atom stereocenters. The van der Waals surface area contributed by atoms with E-state index in [-0.39, 0.29) is 16.9 Å². The van der Waals surface area contributed by atoms with Crippen LogP contribution >= 0.6 is 0 Å². The van der Waals surface area contributed by atoms with Crippen LogP contribution in [0.15, 0.2) is 24.3 Å². The third-order valence-electron chi connectivity index (χ3n) is 6.69. The van der Waals surface area contributed by atoms with Crippen molar-refractivity contribution >= 4 is 26.2 Å². The number of carbonyl (C=O) groups excluding carboxylic acids is 3. The molecule has 2 atom stereocenters. The molecule has 1 aliphatic heterocycles. The summed E-state index contributed by atoms with van der Waals surface area (Å²) in [5.41, 5.74) is 0.138.